The lowest BCUT2D eigenvalue weighted by atomic mass is 10.1. The summed E-state index contributed by atoms with van der Waals surface area (Å²) in [7, 11) is 0. The minimum absolute atomic E-state index is 0.110. The highest BCUT2D eigenvalue weighted by Crippen LogP contribution is 2.14. The second-order valence-electron chi connectivity index (χ2n) is 21.3. The molecule has 460 valence electrons. The third kappa shape index (κ3) is 65.6. The first kappa shape index (κ1) is 76.8. The molecule has 0 heterocycles. The van der Waals surface area contributed by atoms with Gasteiger partial charge >= 0.3 is 17.9 Å². The fourth-order valence-electron chi connectivity index (χ4n) is 8.54. The zero-order valence-electron chi connectivity index (χ0n) is 52.7. The average Bonchev–Trinajstić information content (AvgIpc) is 3.48. The predicted octanol–water partition coefficient (Wildman–Crippen LogP) is 23.0. The van der Waals surface area contributed by atoms with Gasteiger partial charge in [0, 0.05) is 19.3 Å². The standard InChI is InChI=1S/C76H120O6/c1-4-7-10-13-16-19-22-25-28-31-32-33-34-35-36-37-38-39-40-41-42-43-44-46-48-51-54-57-60-63-66-69-75(78)81-72-73(71-80-74(77)68-65-62-59-56-53-50-47-30-27-24-21-18-15-12-9-6-3)82-76(79)70-67-64-61-58-55-52-49-45-29-26-23-20-17-14-11-8-5-2/h7-8,10-11,16-17,19-20,25-26,28-30,32-33,35-36,38-39,41-42,44,46-47,49,51-52,54,73H,4-6,9,12-15,18,21-24,27,31,34,37,40,43,45,48,50,53,55-72H2,1-3H3/b10-7-,11-8-,19-16-,20-17-,28-25-,29-26-,33-32-,36-35-,39-38-,42-41-,46-44-,47-30-,52-49-,54-51-. The molecule has 1 atom stereocenters. The van der Waals surface area contributed by atoms with Crippen LogP contribution in [0, 0.1) is 0 Å². The lowest BCUT2D eigenvalue weighted by Crippen LogP contribution is -2.30. The number of rotatable bonds is 58. The van der Waals surface area contributed by atoms with Crippen molar-refractivity contribution in [2.45, 2.75) is 277 Å². The van der Waals surface area contributed by atoms with Crippen LogP contribution in [0.4, 0.5) is 0 Å². The minimum Gasteiger partial charge on any atom is -0.462 e. The van der Waals surface area contributed by atoms with Gasteiger partial charge in [-0.3, -0.25) is 14.4 Å². The molecule has 1 unspecified atom stereocenters. The van der Waals surface area contributed by atoms with Crippen LogP contribution < -0.4 is 0 Å². The third-order valence-electron chi connectivity index (χ3n) is 13.4. The third-order valence-corrected chi connectivity index (χ3v) is 13.4. The Balaban J connectivity index is 4.47. The molecule has 0 aromatic heterocycles. The van der Waals surface area contributed by atoms with E-state index in [0.29, 0.717) is 12.8 Å². The molecule has 0 aromatic carbocycles. The van der Waals surface area contributed by atoms with Crippen LogP contribution in [0.15, 0.2) is 170 Å². The largest absolute Gasteiger partial charge is 0.462 e. The second kappa shape index (κ2) is 68.3. The normalized spacial score (nSPS) is 13.3. The van der Waals surface area contributed by atoms with Crippen molar-refractivity contribution in [3.8, 4) is 0 Å². The molecule has 0 bridgehead atoms. The van der Waals surface area contributed by atoms with E-state index in [1.807, 2.05) is 0 Å². The molecule has 0 spiro atoms. The average molecular weight is 1130 g/mol. The SMILES string of the molecule is CC/C=C\C/C=C\C/C=C\C/C=C\C/C=C\C/C=C\C/C=C\C/C=C\C/C=C\CCCCCC(=O)OCC(COC(=O)CCCCCCC/C=C\CCCCCCCCC)OC(=O)CCCCCC/C=C\C/C=C\C/C=C\C/C=C\CC. The van der Waals surface area contributed by atoms with Crippen LogP contribution in [-0.4, -0.2) is 37.2 Å². The van der Waals surface area contributed by atoms with Crippen molar-refractivity contribution >= 4 is 17.9 Å². The maximum absolute atomic E-state index is 12.9. The van der Waals surface area contributed by atoms with Gasteiger partial charge in [-0.15, -0.1) is 0 Å². The first-order valence-corrected chi connectivity index (χ1v) is 33.1. The van der Waals surface area contributed by atoms with E-state index in [1.165, 1.54) is 57.8 Å². The molecule has 0 N–H and O–H groups in total. The van der Waals surface area contributed by atoms with Crippen molar-refractivity contribution in [3.05, 3.63) is 170 Å². The Morgan fingerprint density at radius 3 is 0.768 bits per heavy atom. The summed E-state index contributed by atoms with van der Waals surface area (Å²) in [4.78, 5) is 38.3. The molecule has 0 radical (unpaired) electrons. The van der Waals surface area contributed by atoms with E-state index in [9.17, 15) is 14.4 Å². The first-order valence-electron chi connectivity index (χ1n) is 33.1. The molecule has 0 saturated carbocycles. The molecule has 0 rings (SSSR count). The van der Waals surface area contributed by atoms with E-state index in [1.54, 1.807) is 0 Å². The van der Waals surface area contributed by atoms with Gasteiger partial charge in [-0.05, 0) is 154 Å². The zero-order valence-corrected chi connectivity index (χ0v) is 52.7. The van der Waals surface area contributed by atoms with Gasteiger partial charge in [-0.2, -0.15) is 0 Å². The van der Waals surface area contributed by atoms with Gasteiger partial charge in [0.25, 0.3) is 0 Å². The van der Waals surface area contributed by atoms with Gasteiger partial charge in [0.1, 0.15) is 13.2 Å². The number of allylic oxidation sites excluding steroid dienone is 28. The van der Waals surface area contributed by atoms with E-state index in [0.717, 1.165) is 173 Å². The number of ether oxygens (including phenoxy) is 3. The van der Waals surface area contributed by atoms with Crippen molar-refractivity contribution < 1.29 is 28.6 Å². The molecule has 0 amide bonds. The van der Waals surface area contributed by atoms with Crippen LogP contribution in [0.2, 0.25) is 0 Å². The van der Waals surface area contributed by atoms with Gasteiger partial charge < -0.3 is 14.2 Å². The Morgan fingerprint density at radius 1 is 0.256 bits per heavy atom. The molecule has 0 aromatic rings. The van der Waals surface area contributed by atoms with Crippen LogP contribution in [0.1, 0.15) is 271 Å². The maximum Gasteiger partial charge on any atom is 0.306 e. The number of carbonyl (C=O) groups is 3. The minimum atomic E-state index is -0.819. The summed E-state index contributed by atoms with van der Waals surface area (Å²) in [6.07, 6.45) is 101. The van der Waals surface area contributed by atoms with Crippen LogP contribution >= 0.6 is 0 Å². The van der Waals surface area contributed by atoms with E-state index in [2.05, 4.69) is 191 Å². The lowest BCUT2D eigenvalue weighted by Gasteiger charge is -2.18. The van der Waals surface area contributed by atoms with E-state index >= 15 is 0 Å². The summed E-state index contributed by atoms with van der Waals surface area (Å²) in [5.41, 5.74) is 0. The van der Waals surface area contributed by atoms with Crippen molar-refractivity contribution in [1.82, 2.24) is 0 Å². The molecule has 6 heteroatoms. The summed E-state index contributed by atoms with van der Waals surface area (Å²) in [6.45, 7) is 6.35. The molecule has 82 heavy (non-hydrogen) atoms. The Morgan fingerprint density at radius 2 is 0.476 bits per heavy atom. The molecule has 0 aliphatic carbocycles. The zero-order chi connectivity index (χ0) is 59.2. The van der Waals surface area contributed by atoms with Gasteiger partial charge in [0.2, 0.25) is 0 Å². The van der Waals surface area contributed by atoms with Gasteiger partial charge in [-0.25, -0.2) is 0 Å². The quantitative estimate of drug-likeness (QED) is 0.0261. The molecule has 0 aliphatic heterocycles. The number of esters is 3. The maximum atomic E-state index is 12.9. The predicted molar refractivity (Wildman–Crippen MR) is 357 cm³/mol. The highest BCUT2D eigenvalue weighted by Gasteiger charge is 2.19. The van der Waals surface area contributed by atoms with Crippen LogP contribution in [0.25, 0.3) is 0 Å². The Kier molecular flexibility index (Phi) is 63.9. The number of hydrogen-bond donors (Lipinski definition) is 0. The van der Waals surface area contributed by atoms with Gasteiger partial charge in [0.15, 0.2) is 6.10 Å². The van der Waals surface area contributed by atoms with E-state index < -0.39 is 6.10 Å². The smallest absolute Gasteiger partial charge is 0.306 e. The van der Waals surface area contributed by atoms with Crippen LogP contribution in [0.5, 0.6) is 0 Å². The van der Waals surface area contributed by atoms with Crippen molar-refractivity contribution in [1.29, 1.82) is 0 Å². The molecule has 0 aliphatic rings. The number of unbranched alkanes of at least 4 members (excludes halogenated alkanes) is 19. The monoisotopic (exact) mass is 1130 g/mol. The Labute approximate surface area is 504 Å². The second-order valence-corrected chi connectivity index (χ2v) is 21.3. The van der Waals surface area contributed by atoms with Crippen molar-refractivity contribution in [2.24, 2.45) is 0 Å². The molecule has 0 saturated heterocycles. The molecular weight excluding hydrogens is 1010 g/mol. The van der Waals surface area contributed by atoms with Gasteiger partial charge in [-0.1, -0.05) is 268 Å². The molecule has 6 nitrogen and oxygen atoms in total. The highest BCUT2D eigenvalue weighted by atomic mass is 16.6. The molecule has 0 fully saturated rings. The van der Waals surface area contributed by atoms with Crippen LogP contribution in [0.3, 0.4) is 0 Å². The topological polar surface area (TPSA) is 78.9 Å². The van der Waals surface area contributed by atoms with Crippen LogP contribution in [-0.2, 0) is 28.6 Å². The Hall–Kier alpha value is -5.23. The highest BCUT2D eigenvalue weighted by molar-refractivity contribution is 5.71. The fourth-order valence-corrected chi connectivity index (χ4v) is 8.54. The van der Waals surface area contributed by atoms with E-state index in [4.69, 9.17) is 14.2 Å². The lowest BCUT2D eigenvalue weighted by molar-refractivity contribution is -0.167. The summed E-state index contributed by atoms with van der Waals surface area (Å²) in [6, 6.07) is 0. The Bertz CT molecular complexity index is 1870. The fraction of sp³-hybridized carbons (Fsp3) is 0.592. The number of carbonyl (C=O) groups excluding carboxylic acids is 3. The number of hydrogen-bond acceptors (Lipinski definition) is 6. The summed E-state index contributed by atoms with van der Waals surface area (Å²) < 4.78 is 16.9. The van der Waals surface area contributed by atoms with E-state index in [-0.39, 0.29) is 37.5 Å². The van der Waals surface area contributed by atoms with Gasteiger partial charge in [0.05, 0.1) is 0 Å². The van der Waals surface area contributed by atoms with Crippen molar-refractivity contribution in [3.63, 3.8) is 0 Å². The summed E-state index contributed by atoms with van der Waals surface area (Å²) in [5.74, 6) is -0.979. The summed E-state index contributed by atoms with van der Waals surface area (Å²) in [5, 5.41) is 0. The summed E-state index contributed by atoms with van der Waals surface area (Å²) >= 11 is 0. The first-order chi connectivity index (χ1) is 40.5. The molecular formula is C76H120O6. The van der Waals surface area contributed by atoms with Crippen molar-refractivity contribution in [2.75, 3.05) is 13.2 Å².